The zero-order chi connectivity index (χ0) is 37.1. The molecule has 7 heterocycles. The third kappa shape index (κ3) is 7.99. The van der Waals surface area contributed by atoms with Crippen LogP contribution in [-0.2, 0) is 18.4 Å². The minimum Gasteiger partial charge on any atom is -0.382 e. The largest absolute Gasteiger partial charge is 0.382 e. The van der Waals surface area contributed by atoms with Gasteiger partial charge in [0.2, 0.25) is 5.91 Å². The highest BCUT2D eigenvalue weighted by Gasteiger charge is 2.26. The van der Waals surface area contributed by atoms with Gasteiger partial charge in [0.25, 0.3) is 0 Å². The fourth-order valence-electron chi connectivity index (χ4n) is 7.39. The van der Waals surface area contributed by atoms with Crippen LogP contribution in [0.15, 0.2) is 61.3 Å². The number of nitrogen functional groups attached to an aromatic ring is 2. The Labute approximate surface area is 307 Å². The molecule has 0 saturated carbocycles. The molecule has 1 aromatic carbocycles. The molecule has 1 atom stereocenters. The third-order valence-corrected chi connectivity index (χ3v) is 10.0. The lowest BCUT2D eigenvalue weighted by Crippen LogP contribution is -2.35. The number of carbonyl (C=O) groups is 1. The predicted octanol–water partition coefficient (Wildman–Crippen LogP) is 4.50. The van der Waals surface area contributed by atoms with E-state index in [1.165, 1.54) is 36.4 Å². The second-order valence-electron chi connectivity index (χ2n) is 13.7. The minimum atomic E-state index is -0.308. The zero-order valence-electron chi connectivity index (χ0n) is 30.3. The van der Waals surface area contributed by atoms with Crippen LogP contribution in [0.25, 0.3) is 33.3 Å². The molecule has 4 N–H and O–H groups in total. The van der Waals surface area contributed by atoms with E-state index in [1.807, 2.05) is 53.2 Å². The third-order valence-electron chi connectivity index (χ3n) is 10.0. The van der Waals surface area contributed by atoms with Crippen LogP contribution in [0.3, 0.4) is 0 Å². The second-order valence-corrected chi connectivity index (χ2v) is 13.7. The van der Waals surface area contributed by atoms with Crippen molar-refractivity contribution in [2.24, 2.45) is 7.05 Å². The number of amides is 1. The lowest BCUT2D eigenvalue weighted by atomic mass is 9.92. The highest BCUT2D eigenvalue weighted by molar-refractivity contribution is 5.86. The van der Waals surface area contributed by atoms with Crippen LogP contribution >= 0.6 is 0 Å². The summed E-state index contributed by atoms with van der Waals surface area (Å²) in [7, 11) is 2.02. The molecule has 2 aliphatic rings. The first-order valence-electron chi connectivity index (χ1n) is 17.9. The number of aromatic nitrogens is 8. The number of nitrogens with two attached hydrogens (primary N) is 2. The Bertz CT molecular complexity index is 2240. The molecule has 5 aromatic heterocycles. The number of carbonyl (C=O) groups excluding carboxylic acids is 1. The molecular weight excluding hydrogens is 674 g/mol. The van der Waals surface area contributed by atoms with Gasteiger partial charge in [0.1, 0.15) is 35.3 Å². The van der Waals surface area contributed by atoms with Crippen molar-refractivity contribution in [3.63, 3.8) is 0 Å². The smallest absolute Gasteiger partial charge is 0.219 e. The van der Waals surface area contributed by atoms with Gasteiger partial charge in [0.15, 0.2) is 11.6 Å². The van der Waals surface area contributed by atoms with E-state index < -0.39 is 0 Å². The zero-order valence-corrected chi connectivity index (χ0v) is 30.3. The van der Waals surface area contributed by atoms with Gasteiger partial charge < -0.3 is 21.3 Å². The van der Waals surface area contributed by atoms with Crippen molar-refractivity contribution >= 4 is 45.4 Å². The second kappa shape index (κ2) is 15.4. The number of halogens is 1. The van der Waals surface area contributed by atoms with E-state index in [2.05, 4.69) is 46.7 Å². The summed E-state index contributed by atoms with van der Waals surface area (Å²) in [6.07, 6.45) is 8.04. The molecule has 274 valence electrons. The summed E-state index contributed by atoms with van der Waals surface area (Å²) in [6, 6.07) is 12.6. The Hall–Kier alpha value is -5.83. The SMILES string of the molecule is CC(=O)N1CCCN(Cc2cc(F)cc(-c3ccc4ncnc(N)c4n3)c2)CC1.Cc1cnn(C)c1C1CCCN(c2ccc3ncnc(N)c3n2)C1. The highest BCUT2D eigenvalue weighted by atomic mass is 19.1. The molecular formula is C38H44FN13O. The van der Waals surface area contributed by atoms with Gasteiger partial charge in [-0.15, -0.1) is 0 Å². The molecule has 6 aromatic rings. The summed E-state index contributed by atoms with van der Waals surface area (Å²) >= 11 is 0. The van der Waals surface area contributed by atoms with Crippen LogP contribution in [0.2, 0.25) is 0 Å². The fourth-order valence-corrected chi connectivity index (χ4v) is 7.39. The van der Waals surface area contributed by atoms with Crippen molar-refractivity contribution in [2.45, 2.75) is 45.6 Å². The van der Waals surface area contributed by atoms with E-state index in [1.54, 1.807) is 13.0 Å². The van der Waals surface area contributed by atoms with Gasteiger partial charge in [-0.2, -0.15) is 5.10 Å². The monoisotopic (exact) mass is 717 g/mol. The highest BCUT2D eigenvalue weighted by Crippen LogP contribution is 2.32. The van der Waals surface area contributed by atoms with Gasteiger partial charge in [-0.3, -0.25) is 14.4 Å². The number of hydrogen-bond donors (Lipinski definition) is 2. The van der Waals surface area contributed by atoms with Crippen LogP contribution in [0.5, 0.6) is 0 Å². The average Bonchev–Trinajstić information content (AvgIpc) is 3.32. The molecule has 1 amide bonds. The topological polar surface area (TPSA) is 174 Å². The summed E-state index contributed by atoms with van der Waals surface area (Å²) in [6.45, 7) is 9.40. The molecule has 2 aliphatic heterocycles. The standard InChI is InChI=1S/C21H23FN6O.C17H21N7/c1-14(29)28-6-2-5-27(7-8-28)12-15-9-16(11-17(22)10-15)18-3-4-19-20(26-18)21(23)25-13-24-19;1-11-8-21-23(2)16(11)12-4-3-7-24(9-12)14-6-5-13-15(22-14)17(18)20-10-19-13/h3-4,9-11,13H,2,5-8,12H2,1H3,(H2,23,24,25);5-6,8,10,12H,3-4,7,9H2,1-2H3,(H2,18,19,20). The molecule has 0 spiro atoms. The number of hydrogen-bond acceptors (Lipinski definition) is 12. The Morgan fingerprint density at radius 3 is 2.32 bits per heavy atom. The summed E-state index contributed by atoms with van der Waals surface area (Å²) in [5.74, 6) is 1.93. The number of pyridine rings is 2. The number of benzene rings is 1. The summed E-state index contributed by atoms with van der Waals surface area (Å²) < 4.78 is 16.4. The first-order valence-corrected chi connectivity index (χ1v) is 17.9. The quantitative estimate of drug-likeness (QED) is 0.256. The van der Waals surface area contributed by atoms with Gasteiger partial charge in [-0.1, -0.05) is 0 Å². The van der Waals surface area contributed by atoms with Gasteiger partial charge in [-0.25, -0.2) is 34.3 Å². The van der Waals surface area contributed by atoms with Crippen molar-refractivity contribution in [1.29, 1.82) is 0 Å². The van der Waals surface area contributed by atoms with Crippen LogP contribution < -0.4 is 16.4 Å². The van der Waals surface area contributed by atoms with Gasteiger partial charge in [0, 0.05) is 77.0 Å². The average molecular weight is 718 g/mol. The Kier molecular flexibility index (Phi) is 10.3. The number of aryl methyl sites for hydroxylation is 2. The van der Waals surface area contributed by atoms with Crippen molar-refractivity contribution in [3.05, 3.63) is 84.0 Å². The molecule has 0 aliphatic carbocycles. The van der Waals surface area contributed by atoms with Gasteiger partial charge >= 0.3 is 0 Å². The van der Waals surface area contributed by atoms with E-state index in [0.717, 1.165) is 62.5 Å². The predicted molar refractivity (Wildman–Crippen MR) is 203 cm³/mol. The van der Waals surface area contributed by atoms with E-state index >= 15 is 0 Å². The Morgan fingerprint density at radius 2 is 1.60 bits per heavy atom. The lowest BCUT2D eigenvalue weighted by Gasteiger charge is -2.34. The molecule has 8 rings (SSSR count). The maximum atomic E-state index is 14.4. The first kappa shape index (κ1) is 35.6. The number of fused-ring (bicyclic) bond motifs is 2. The molecule has 2 fully saturated rings. The van der Waals surface area contributed by atoms with Crippen molar-refractivity contribution in [3.8, 4) is 11.3 Å². The summed E-state index contributed by atoms with van der Waals surface area (Å²) in [4.78, 5) is 43.7. The molecule has 15 heteroatoms. The van der Waals surface area contributed by atoms with Crippen LogP contribution in [-0.4, -0.2) is 94.7 Å². The molecule has 1 unspecified atom stereocenters. The molecule has 0 bridgehead atoms. The van der Waals surface area contributed by atoms with E-state index in [-0.39, 0.29) is 11.7 Å². The number of anilines is 3. The van der Waals surface area contributed by atoms with Crippen molar-refractivity contribution in [2.75, 3.05) is 55.6 Å². The molecule has 0 radical (unpaired) electrons. The molecule has 53 heavy (non-hydrogen) atoms. The summed E-state index contributed by atoms with van der Waals surface area (Å²) in [5, 5.41) is 4.39. The Balaban J connectivity index is 0.000000167. The van der Waals surface area contributed by atoms with Gasteiger partial charge in [0.05, 0.1) is 22.9 Å². The van der Waals surface area contributed by atoms with Gasteiger partial charge in [-0.05, 0) is 79.8 Å². The number of nitrogens with zero attached hydrogens (tertiary/aromatic N) is 11. The minimum absolute atomic E-state index is 0.102. The molecule has 14 nitrogen and oxygen atoms in total. The lowest BCUT2D eigenvalue weighted by molar-refractivity contribution is -0.128. The maximum absolute atomic E-state index is 14.4. The van der Waals surface area contributed by atoms with E-state index in [4.69, 9.17) is 16.5 Å². The van der Waals surface area contributed by atoms with Crippen molar-refractivity contribution < 1.29 is 9.18 Å². The Morgan fingerprint density at radius 1 is 0.868 bits per heavy atom. The number of piperidine rings is 1. The first-order chi connectivity index (χ1) is 25.6. The molecule has 2 saturated heterocycles. The van der Waals surface area contributed by atoms with E-state index in [0.29, 0.717) is 58.5 Å². The number of rotatable bonds is 5. The van der Waals surface area contributed by atoms with Crippen LogP contribution in [0.1, 0.15) is 48.9 Å². The van der Waals surface area contributed by atoms with Crippen LogP contribution in [0.4, 0.5) is 21.8 Å². The van der Waals surface area contributed by atoms with Crippen LogP contribution in [0, 0.1) is 12.7 Å². The fraction of sp³-hybridized carbons (Fsp3) is 0.368. The normalized spacial score (nSPS) is 16.7. The summed E-state index contributed by atoms with van der Waals surface area (Å²) in [5.41, 5.74) is 19.2. The van der Waals surface area contributed by atoms with Crippen molar-refractivity contribution in [1.82, 2.24) is 49.5 Å². The maximum Gasteiger partial charge on any atom is 0.219 e. The van der Waals surface area contributed by atoms with E-state index in [9.17, 15) is 9.18 Å².